The lowest BCUT2D eigenvalue weighted by Gasteiger charge is -2.32. The fourth-order valence-electron chi connectivity index (χ4n) is 2.48. The van der Waals surface area contributed by atoms with Crippen LogP contribution in [0.15, 0.2) is 23.5 Å². The summed E-state index contributed by atoms with van der Waals surface area (Å²) in [5.41, 5.74) is 1.51. The van der Waals surface area contributed by atoms with Gasteiger partial charge in [-0.25, -0.2) is 0 Å². The number of ether oxygens (including phenoxy) is 1. The average molecular weight is 240 g/mol. The molecule has 0 aliphatic heterocycles. The molecule has 0 radical (unpaired) electrons. The Kier molecular flexibility index (Phi) is 5.21. The Morgan fingerprint density at radius 3 is 2.12 bits per heavy atom. The Hall–Kier alpha value is -0.130. The van der Waals surface area contributed by atoms with Gasteiger partial charge in [0.15, 0.2) is 0 Å². The van der Waals surface area contributed by atoms with Gasteiger partial charge in [0.2, 0.25) is 0 Å². The molecule has 2 heteroatoms. The molecule has 16 heavy (non-hydrogen) atoms. The molecule has 0 N–H and O–H groups in total. The Morgan fingerprint density at radius 2 is 1.69 bits per heavy atom. The molecular weight excluding hydrogens is 215 g/mol. The van der Waals surface area contributed by atoms with Crippen LogP contribution >= 0.6 is 7.92 Å². The monoisotopic (exact) mass is 240 g/mol. The standard InChI is InChI=1S/C14H25OP/c1-10(2)16(11(3)4)14-9-7-8-13(14)12(5)15-6/h7-13H,1-6H3. The van der Waals surface area contributed by atoms with Crippen molar-refractivity contribution in [3.63, 3.8) is 0 Å². The molecule has 0 aromatic carbocycles. The summed E-state index contributed by atoms with van der Waals surface area (Å²) in [5.74, 6) is 0.501. The van der Waals surface area contributed by atoms with E-state index in [0.29, 0.717) is 12.0 Å². The fraction of sp³-hybridized carbons (Fsp3) is 0.714. The summed E-state index contributed by atoms with van der Waals surface area (Å²) >= 11 is 0. The molecule has 0 bridgehead atoms. The molecule has 2 atom stereocenters. The van der Waals surface area contributed by atoms with Crippen molar-refractivity contribution in [3.8, 4) is 0 Å². The van der Waals surface area contributed by atoms with E-state index in [4.69, 9.17) is 4.74 Å². The highest BCUT2D eigenvalue weighted by Gasteiger charge is 2.30. The smallest absolute Gasteiger partial charge is 0.0646 e. The molecule has 1 nitrogen and oxygen atoms in total. The topological polar surface area (TPSA) is 9.23 Å². The number of allylic oxidation sites excluding steroid dienone is 2. The maximum absolute atomic E-state index is 5.49. The first-order chi connectivity index (χ1) is 7.49. The minimum atomic E-state index is -0.0387. The number of rotatable bonds is 5. The van der Waals surface area contributed by atoms with E-state index in [1.807, 2.05) is 7.11 Å². The van der Waals surface area contributed by atoms with E-state index < -0.39 is 0 Å². The Morgan fingerprint density at radius 1 is 1.12 bits per heavy atom. The van der Waals surface area contributed by atoms with E-state index in [9.17, 15) is 0 Å². The van der Waals surface area contributed by atoms with Crippen LogP contribution in [-0.2, 0) is 4.74 Å². The van der Waals surface area contributed by atoms with Crippen molar-refractivity contribution in [3.05, 3.63) is 23.5 Å². The molecule has 0 saturated carbocycles. The molecule has 0 saturated heterocycles. The van der Waals surface area contributed by atoms with Gasteiger partial charge in [0.05, 0.1) is 6.10 Å². The van der Waals surface area contributed by atoms with Crippen LogP contribution in [0.1, 0.15) is 34.6 Å². The van der Waals surface area contributed by atoms with E-state index in [2.05, 4.69) is 52.8 Å². The van der Waals surface area contributed by atoms with Crippen LogP contribution in [0, 0.1) is 5.92 Å². The highest BCUT2D eigenvalue weighted by molar-refractivity contribution is 7.63. The normalized spacial score (nSPS) is 22.3. The van der Waals surface area contributed by atoms with E-state index in [1.54, 1.807) is 5.31 Å². The van der Waals surface area contributed by atoms with Crippen LogP contribution in [0.25, 0.3) is 0 Å². The first-order valence-electron chi connectivity index (χ1n) is 6.18. The largest absolute Gasteiger partial charge is 0.381 e. The zero-order valence-corrected chi connectivity index (χ0v) is 12.3. The Labute approximate surface area is 102 Å². The molecule has 0 amide bonds. The van der Waals surface area contributed by atoms with Crippen LogP contribution in [0.2, 0.25) is 0 Å². The second-order valence-electron chi connectivity index (χ2n) is 5.04. The summed E-state index contributed by atoms with van der Waals surface area (Å²) in [4.78, 5) is 0. The van der Waals surface area contributed by atoms with Crippen molar-refractivity contribution in [2.24, 2.45) is 5.92 Å². The molecule has 1 aliphatic rings. The van der Waals surface area contributed by atoms with Gasteiger partial charge < -0.3 is 4.74 Å². The predicted molar refractivity (Wildman–Crippen MR) is 74.4 cm³/mol. The van der Waals surface area contributed by atoms with Crippen LogP contribution in [0.5, 0.6) is 0 Å². The van der Waals surface area contributed by atoms with Crippen molar-refractivity contribution in [2.45, 2.75) is 52.0 Å². The van der Waals surface area contributed by atoms with E-state index in [1.165, 1.54) is 0 Å². The second-order valence-corrected chi connectivity index (χ2v) is 8.43. The maximum atomic E-state index is 5.49. The summed E-state index contributed by atoms with van der Waals surface area (Å²) in [6, 6.07) is 0. The number of hydrogen-bond donors (Lipinski definition) is 0. The van der Waals surface area contributed by atoms with Gasteiger partial charge >= 0.3 is 0 Å². The van der Waals surface area contributed by atoms with E-state index in [-0.39, 0.29) is 7.92 Å². The fourth-order valence-corrected chi connectivity index (χ4v) is 5.76. The van der Waals surface area contributed by atoms with Gasteiger partial charge in [-0.05, 0) is 23.6 Å². The number of hydrogen-bond acceptors (Lipinski definition) is 1. The maximum Gasteiger partial charge on any atom is 0.0646 e. The quantitative estimate of drug-likeness (QED) is 0.647. The van der Waals surface area contributed by atoms with Crippen molar-refractivity contribution >= 4 is 7.92 Å². The minimum absolute atomic E-state index is 0.0387. The lowest BCUT2D eigenvalue weighted by molar-refractivity contribution is 0.0977. The van der Waals surface area contributed by atoms with Gasteiger partial charge in [-0.3, -0.25) is 0 Å². The third-order valence-corrected chi connectivity index (χ3v) is 6.48. The van der Waals surface area contributed by atoms with Crippen molar-refractivity contribution in [1.82, 2.24) is 0 Å². The molecule has 0 aromatic rings. The second kappa shape index (κ2) is 5.98. The van der Waals surface area contributed by atoms with Crippen molar-refractivity contribution < 1.29 is 4.74 Å². The zero-order valence-electron chi connectivity index (χ0n) is 11.4. The van der Waals surface area contributed by atoms with Crippen LogP contribution < -0.4 is 0 Å². The molecule has 92 valence electrons. The molecule has 0 spiro atoms. The molecule has 0 fully saturated rings. The average Bonchev–Trinajstić information content (AvgIpc) is 2.64. The van der Waals surface area contributed by atoms with Gasteiger partial charge in [0.1, 0.15) is 0 Å². The van der Waals surface area contributed by atoms with Gasteiger partial charge in [0.25, 0.3) is 0 Å². The summed E-state index contributed by atoms with van der Waals surface area (Å²) in [5, 5.41) is 1.62. The first kappa shape index (κ1) is 13.9. The molecule has 2 unspecified atom stereocenters. The molecule has 0 heterocycles. The third-order valence-electron chi connectivity index (χ3n) is 3.22. The molecule has 1 rings (SSSR count). The van der Waals surface area contributed by atoms with Crippen LogP contribution in [0.3, 0.4) is 0 Å². The number of methoxy groups -OCH3 is 1. The van der Waals surface area contributed by atoms with Crippen LogP contribution in [-0.4, -0.2) is 24.5 Å². The van der Waals surface area contributed by atoms with Crippen molar-refractivity contribution in [2.75, 3.05) is 7.11 Å². The van der Waals surface area contributed by atoms with Gasteiger partial charge in [-0.1, -0.05) is 53.8 Å². The first-order valence-corrected chi connectivity index (χ1v) is 7.66. The van der Waals surface area contributed by atoms with Gasteiger partial charge in [-0.15, -0.1) is 0 Å². The molecule has 1 aliphatic carbocycles. The Bertz CT molecular complexity index is 270. The molecule has 0 aromatic heterocycles. The molecular formula is C14H25OP. The highest BCUT2D eigenvalue weighted by atomic mass is 31.1. The summed E-state index contributed by atoms with van der Waals surface area (Å²) in [7, 11) is 1.77. The lowest BCUT2D eigenvalue weighted by atomic mass is 10.1. The summed E-state index contributed by atoms with van der Waals surface area (Å²) in [6.07, 6.45) is 7.12. The van der Waals surface area contributed by atoms with Crippen LogP contribution in [0.4, 0.5) is 0 Å². The van der Waals surface area contributed by atoms with E-state index >= 15 is 0 Å². The van der Waals surface area contributed by atoms with Gasteiger partial charge in [-0.2, -0.15) is 0 Å². The highest BCUT2D eigenvalue weighted by Crippen LogP contribution is 2.58. The minimum Gasteiger partial charge on any atom is -0.381 e. The van der Waals surface area contributed by atoms with Crippen molar-refractivity contribution in [1.29, 1.82) is 0 Å². The van der Waals surface area contributed by atoms with Gasteiger partial charge in [0, 0.05) is 13.0 Å². The predicted octanol–water partition coefficient (Wildman–Crippen LogP) is 4.39. The third kappa shape index (κ3) is 2.96. The SMILES string of the molecule is COC(C)C1C=CC=C1P(C(C)C)C(C)C. The zero-order chi connectivity index (χ0) is 12.3. The lowest BCUT2D eigenvalue weighted by Crippen LogP contribution is -2.20. The summed E-state index contributed by atoms with van der Waals surface area (Å²) in [6.45, 7) is 11.6. The Balaban J connectivity index is 2.86. The van der Waals surface area contributed by atoms with E-state index in [0.717, 1.165) is 11.3 Å². The summed E-state index contributed by atoms with van der Waals surface area (Å²) < 4.78 is 5.49.